The lowest BCUT2D eigenvalue weighted by molar-refractivity contribution is 0.0699. The van der Waals surface area contributed by atoms with Crippen molar-refractivity contribution in [2.45, 2.75) is 20.4 Å². The summed E-state index contributed by atoms with van der Waals surface area (Å²) >= 11 is 0. The molecule has 1 N–H and O–H groups in total. The molecule has 20 heavy (non-hydrogen) atoms. The first-order valence-corrected chi connectivity index (χ1v) is 6.50. The Hall–Kier alpha value is -1.95. The van der Waals surface area contributed by atoms with Gasteiger partial charge in [0.15, 0.2) is 0 Å². The van der Waals surface area contributed by atoms with Gasteiger partial charge in [0.2, 0.25) is 0 Å². The van der Waals surface area contributed by atoms with E-state index < -0.39 is 5.97 Å². The average Bonchev–Trinajstić information content (AvgIpc) is 2.69. The number of carbonyl (C=O) groups is 1. The van der Waals surface area contributed by atoms with Crippen molar-refractivity contribution in [2.24, 2.45) is 5.41 Å². The number of aromatic carboxylic acids is 1. The normalized spacial score (nSPS) is 12.2. The van der Waals surface area contributed by atoms with Crippen LogP contribution >= 0.6 is 0 Å². The zero-order valence-corrected chi connectivity index (χ0v) is 12.3. The molecule has 6 nitrogen and oxygen atoms in total. The minimum absolute atomic E-state index is 0.0172. The number of carboxylic acids is 1. The van der Waals surface area contributed by atoms with Gasteiger partial charge in [0.05, 0.1) is 11.1 Å². The smallest absolute Gasteiger partial charge is 0.338 e. The molecule has 0 saturated heterocycles. The Morgan fingerprint density at radius 3 is 2.70 bits per heavy atom. The highest BCUT2D eigenvalue weighted by Crippen LogP contribution is 2.22. The highest BCUT2D eigenvalue weighted by molar-refractivity contribution is 6.00. The molecular weight excluding hydrogens is 256 g/mol. The molecule has 0 unspecified atom stereocenters. The van der Waals surface area contributed by atoms with Crippen LogP contribution in [0.4, 0.5) is 0 Å². The molecule has 0 bridgehead atoms. The summed E-state index contributed by atoms with van der Waals surface area (Å²) in [5, 5.41) is 17.3. The lowest BCUT2D eigenvalue weighted by Crippen LogP contribution is -2.32. The van der Waals surface area contributed by atoms with Crippen LogP contribution < -0.4 is 0 Å². The second-order valence-corrected chi connectivity index (χ2v) is 6.13. The van der Waals surface area contributed by atoms with Crippen LogP contribution in [0.25, 0.3) is 11.0 Å². The largest absolute Gasteiger partial charge is 0.478 e. The van der Waals surface area contributed by atoms with E-state index in [1.165, 1.54) is 0 Å². The van der Waals surface area contributed by atoms with Crippen molar-refractivity contribution in [3.05, 3.63) is 23.8 Å². The fourth-order valence-electron chi connectivity index (χ4n) is 2.59. The van der Waals surface area contributed by atoms with Crippen LogP contribution in [0.1, 0.15) is 24.2 Å². The number of nitrogens with zero attached hydrogens (tertiary/aromatic N) is 4. The van der Waals surface area contributed by atoms with E-state index in [-0.39, 0.29) is 11.0 Å². The van der Waals surface area contributed by atoms with Gasteiger partial charge in [-0.3, -0.25) is 0 Å². The summed E-state index contributed by atoms with van der Waals surface area (Å²) in [5.41, 5.74) is 1.42. The maximum absolute atomic E-state index is 11.2. The summed E-state index contributed by atoms with van der Waals surface area (Å²) in [7, 11) is 4.06. The Morgan fingerprint density at radius 2 is 2.10 bits per heavy atom. The van der Waals surface area contributed by atoms with Gasteiger partial charge in [-0.1, -0.05) is 25.1 Å². The molecule has 6 heteroatoms. The first-order valence-electron chi connectivity index (χ1n) is 6.50. The Labute approximate surface area is 118 Å². The van der Waals surface area contributed by atoms with Crippen LogP contribution in [-0.2, 0) is 6.54 Å². The van der Waals surface area contributed by atoms with E-state index in [0.717, 1.165) is 12.1 Å². The maximum atomic E-state index is 11.2. The van der Waals surface area contributed by atoms with Crippen LogP contribution in [0.5, 0.6) is 0 Å². The van der Waals surface area contributed by atoms with Crippen molar-refractivity contribution >= 4 is 17.0 Å². The molecule has 1 aromatic carbocycles. The van der Waals surface area contributed by atoms with Crippen LogP contribution in [-0.4, -0.2) is 51.6 Å². The number of hydrogen-bond donors (Lipinski definition) is 1. The molecule has 0 radical (unpaired) electrons. The van der Waals surface area contributed by atoms with Crippen molar-refractivity contribution in [3.8, 4) is 0 Å². The van der Waals surface area contributed by atoms with E-state index in [0.29, 0.717) is 12.1 Å². The van der Waals surface area contributed by atoms with Crippen LogP contribution in [0.2, 0.25) is 0 Å². The van der Waals surface area contributed by atoms with Gasteiger partial charge in [-0.2, -0.15) is 0 Å². The molecule has 0 spiro atoms. The molecule has 2 aromatic rings. The molecular formula is C14H20N4O2. The van der Waals surface area contributed by atoms with Crippen molar-refractivity contribution in [1.82, 2.24) is 19.9 Å². The summed E-state index contributed by atoms with van der Waals surface area (Å²) in [6.07, 6.45) is 0. The molecule has 108 valence electrons. The van der Waals surface area contributed by atoms with Gasteiger partial charge in [-0.15, -0.1) is 5.10 Å². The summed E-state index contributed by atoms with van der Waals surface area (Å²) in [6, 6.07) is 5.13. The van der Waals surface area contributed by atoms with Crippen LogP contribution in [0, 0.1) is 5.41 Å². The third-order valence-electron chi connectivity index (χ3n) is 3.10. The third-order valence-corrected chi connectivity index (χ3v) is 3.10. The number of fused-ring (bicyclic) bond motifs is 1. The zero-order valence-electron chi connectivity index (χ0n) is 12.3. The van der Waals surface area contributed by atoms with E-state index in [1.54, 1.807) is 16.8 Å². The lowest BCUT2D eigenvalue weighted by atomic mass is 9.93. The van der Waals surface area contributed by atoms with E-state index in [1.807, 2.05) is 20.2 Å². The van der Waals surface area contributed by atoms with Crippen LogP contribution in [0.3, 0.4) is 0 Å². The number of carboxylic acid groups (broad SMARTS) is 1. The SMILES string of the molecule is CN(C)CC(C)(C)Cn1nnc2c(C(=O)O)cccc21. The first-order chi connectivity index (χ1) is 9.30. The molecule has 1 aromatic heterocycles. The second-order valence-electron chi connectivity index (χ2n) is 6.13. The van der Waals surface area contributed by atoms with Gasteiger partial charge in [-0.05, 0) is 31.6 Å². The predicted molar refractivity (Wildman–Crippen MR) is 76.8 cm³/mol. The molecule has 2 rings (SSSR count). The van der Waals surface area contributed by atoms with Gasteiger partial charge >= 0.3 is 5.97 Å². The molecule has 0 aliphatic heterocycles. The van der Waals surface area contributed by atoms with Crippen molar-refractivity contribution in [2.75, 3.05) is 20.6 Å². The second kappa shape index (κ2) is 5.20. The Morgan fingerprint density at radius 1 is 1.40 bits per heavy atom. The Bertz CT molecular complexity index is 631. The standard InChI is InChI=1S/C14H20N4O2/c1-14(2,8-17(3)4)9-18-11-7-5-6-10(13(19)20)12(11)15-16-18/h5-7H,8-9H2,1-4H3,(H,19,20). The Balaban J connectivity index is 2.37. The fourth-order valence-corrected chi connectivity index (χ4v) is 2.59. The highest BCUT2D eigenvalue weighted by Gasteiger charge is 2.22. The molecule has 0 aliphatic carbocycles. The van der Waals surface area contributed by atoms with Crippen molar-refractivity contribution in [3.63, 3.8) is 0 Å². The maximum Gasteiger partial charge on any atom is 0.338 e. The number of benzene rings is 1. The third kappa shape index (κ3) is 2.96. The molecule has 0 atom stereocenters. The monoisotopic (exact) mass is 276 g/mol. The highest BCUT2D eigenvalue weighted by atomic mass is 16.4. The van der Waals surface area contributed by atoms with E-state index in [9.17, 15) is 4.79 Å². The molecule has 1 heterocycles. The van der Waals surface area contributed by atoms with Gasteiger partial charge in [0, 0.05) is 13.1 Å². The van der Waals surface area contributed by atoms with Crippen LogP contribution in [0.15, 0.2) is 18.2 Å². The summed E-state index contributed by atoms with van der Waals surface area (Å²) in [5.74, 6) is -0.977. The first kappa shape index (κ1) is 14.5. The quantitative estimate of drug-likeness (QED) is 0.900. The van der Waals surface area contributed by atoms with Gasteiger partial charge in [0.25, 0.3) is 0 Å². The average molecular weight is 276 g/mol. The molecule has 0 fully saturated rings. The summed E-state index contributed by atoms with van der Waals surface area (Å²) in [6.45, 7) is 5.90. The predicted octanol–water partition coefficient (Wildman–Crippen LogP) is 1.72. The van der Waals surface area contributed by atoms with Crippen molar-refractivity contribution < 1.29 is 9.90 Å². The van der Waals surface area contributed by atoms with Crippen molar-refractivity contribution in [1.29, 1.82) is 0 Å². The summed E-state index contributed by atoms with van der Waals surface area (Å²) in [4.78, 5) is 13.3. The van der Waals surface area contributed by atoms with Gasteiger partial charge in [-0.25, -0.2) is 9.48 Å². The molecule has 0 saturated carbocycles. The van der Waals surface area contributed by atoms with E-state index in [4.69, 9.17) is 5.11 Å². The number of aromatic nitrogens is 3. The van der Waals surface area contributed by atoms with Gasteiger partial charge < -0.3 is 10.0 Å². The lowest BCUT2D eigenvalue weighted by Gasteiger charge is -2.28. The summed E-state index contributed by atoms with van der Waals surface area (Å²) < 4.78 is 1.78. The van der Waals surface area contributed by atoms with E-state index >= 15 is 0 Å². The number of rotatable bonds is 5. The Kier molecular flexibility index (Phi) is 3.76. The fraction of sp³-hybridized carbons (Fsp3) is 0.500. The van der Waals surface area contributed by atoms with E-state index in [2.05, 4.69) is 29.1 Å². The zero-order chi connectivity index (χ0) is 14.9. The molecule has 0 amide bonds. The topological polar surface area (TPSA) is 71.2 Å². The minimum Gasteiger partial charge on any atom is -0.478 e. The minimum atomic E-state index is -0.977. The number of hydrogen-bond acceptors (Lipinski definition) is 4. The molecule has 0 aliphatic rings. The van der Waals surface area contributed by atoms with Gasteiger partial charge in [0.1, 0.15) is 5.52 Å².